The van der Waals surface area contributed by atoms with E-state index in [1.54, 1.807) is 0 Å². The highest BCUT2D eigenvalue weighted by molar-refractivity contribution is 5.76. The van der Waals surface area contributed by atoms with E-state index in [4.69, 9.17) is 9.47 Å². The molecule has 1 spiro atoms. The average molecular weight is 449 g/mol. The third-order valence-corrected chi connectivity index (χ3v) is 9.97. The van der Waals surface area contributed by atoms with E-state index in [0.717, 1.165) is 44.9 Å². The molecule has 4 saturated carbocycles. The molecule has 7 atom stereocenters. The van der Waals surface area contributed by atoms with E-state index >= 15 is 0 Å². The van der Waals surface area contributed by atoms with Gasteiger partial charge < -0.3 is 14.6 Å². The molecule has 4 aliphatic rings. The van der Waals surface area contributed by atoms with Crippen molar-refractivity contribution in [2.24, 2.45) is 45.8 Å². The zero-order chi connectivity index (χ0) is 23.3. The molecule has 180 valence electrons. The number of aliphatic carboxylic acids is 1. The van der Waals surface area contributed by atoms with Crippen molar-refractivity contribution in [3.05, 3.63) is 0 Å². The number of carboxylic acid groups (broad SMARTS) is 1. The molecule has 0 radical (unpaired) electrons. The number of rotatable bonds is 6. The Bertz CT molecular complexity index is 776. The van der Waals surface area contributed by atoms with E-state index in [0.29, 0.717) is 30.8 Å². The van der Waals surface area contributed by atoms with Gasteiger partial charge in [0, 0.05) is 6.92 Å². The van der Waals surface area contributed by atoms with Gasteiger partial charge in [-0.2, -0.15) is 0 Å². The highest BCUT2D eigenvalue weighted by Gasteiger charge is 2.67. The molecule has 0 aromatic carbocycles. The summed E-state index contributed by atoms with van der Waals surface area (Å²) in [7, 11) is 0. The number of carbonyl (C=O) groups excluding carboxylic acids is 2. The minimum Gasteiger partial charge on any atom is -0.481 e. The molecular weight excluding hydrogens is 408 g/mol. The molecule has 0 aromatic heterocycles. The number of fused-ring (bicyclic) bond motifs is 3. The average Bonchev–Trinajstić information content (AvgIpc) is 2.99. The van der Waals surface area contributed by atoms with Gasteiger partial charge in [-0.3, -0.25) is 14.4 Å². The number of carboxylic acids is 1. The summed E-state index contributed by atoms with van der Waals surface area (Å²) >= 11 is 0. The van der Waals surface area contributed by atoms with Crippen molar-refractivity contribution >= 4 is 17.9 Å². The summed E-state index contributed by atoms with van der Waals surface area (Å²) < 4.78 is 11.0. The first-order chi connectivity index (χ1) is 15.0. The summed E-state index contributed by atoms with van der Waals surface area (Å²) in [4.78, 5) is 36.2. The summed E-state index contributed by atoms with van der Waals surface area (Å²) in [5.74, 6) is 0.152. The van der Waals surface area contributed by atoms with Gasteiger partial charge in [-0.25, -0.2) is 0 Å². The zero-order valence-electron chi connectivity index (χ0n) is 20.2. The van der Waals surface area contributed by atoms with Gasteiger partial charge in [0.05, 0.1) is 12.5 Å². The molecule has 0 aromatic rings. The molecule has 0 saturated heterocycles. The minimum atomic E-state index is -0.970. The van der Waals surface area contributed by atoms with Gasteiger partial charge >= 0.3 is 17.9 Å². The van der Waals surface area contributed by atoms with E-state index < -0.39 is 17.4 Å². The summed E-state index contributed by atoms with van der Waals surface area (Å²) in [5.41, 5.74) is -0.780. The molecule has 7 unspecified atom stereocenters. The molecular formula is C26H40O6. The lowest BCUT2D eigenvalue weighted by atomic mass is 9.40. The van der Waals surface area contributed by atoms with Gasteiger partial charge in [0.25, 0.3) is 0 Å². The third-order valence-electron chi connectivity index (χ3n) is 9.97. The fraction of sp³-hybridized carbons (Fsp3) is 0.885. The second kappa shape index (κ2) is 8.32. The van der Waals surface area contributed by atoms with Crippen LogP contribution in [0.25, 0.3) is 0 Å². The van der Waals surface area contributed by atoms with Crippen LogP contribution in [0.5, 0.6) is 0 Å². The molecule has 32 heavy (non-hydrogen) atoms. The Hall–Kier alpha value is -1.59. The molecule has 0 aliphatic heterocycles. The lowest BCUT2D eigenvalue weighted by molar-refractivity contribution is -0.195. The Morgan fingerprint density at radius 2 is 1.75 bits per heavy atom. The Labute approximate surface area is 191 Å². The summed E-state index contributed by atoms with van der Waals surface area (Å²) in [6.07, 6.45) is 8.99. The first kappa shape index (κ1) is 23.6. The monoisotopic (exact) mass is 448 g/mol. The maximum absolute atomic E-state index is 12.6. The molecule has 6 heteroatoms. The van der Waals surface area contributed by atoms with Gasteiger partial charge in [0.2, 0.25) is 0 Å². The topological polar surface area (TPSA) is 89.9 Å². The molecule has 0 amide bonds. The molecule has 2 bridgehead atoms. The Balaban J connectivity index is 1.57. The SMILES string of the molecule is CC(=O)OCC1(C(=O)O)CCCC2(C)C3CCC4CC3(CCC12)CC4COC(=O)C(C)C. The van der Waals surface area contributed by atoms with Gasteiger partial charge in [0.1, 0.15) is 12.0 Å². The lowest BCUT2D eigenvalue weighted by Gasteiger charge is -2.63. The van der Waals surface area contributed by atoms with E-state index in [-0.39, 0.29) is 35.2 Å². The van der Waals surface area contributed by atoms with Crippen LogP contribution in [-0.2, 0) is 23.9 Å². The third kappa shape index (κ3) is 3.66. The van der Waals surface area contributed by atoms with Crippen molar-refractivity contribution in [3.8, 4) is 0 Å². The fourth-order valence-corrected chi connectivity index (χ4v) is 8.67. The van der Waals surface area contributed by atoms with Crippen LogP contribution in [0, 0.1) is 45.8 Å². The molecule has 1 N–H and O–H groups in total. The molecule has 4 aliphatic carbocycles. The number of carbonyl (C=O) groups is 3. The van der Waals surface area contributed by atoms with Gasteiger partial charge in [-0.1, -0.05) is 27.2 Å². The quantitative estimate of drug-likeness (QED) is 0.585. The van der Waals surface area contributed by atoms with Crippen LogP contribution in [0.1, 0.15) is 85.5 Å². The smallest absolute Gasteiger partial charge is 0.313 e. The summed E-state index contributed by atoms with van der Waals surface area (Å²) in [6, 6.07) is 0. The van der Waals surface area contributed by atoms with Crippen molar-refractivity contribution in [2.45, 2.75) is 85.5 Å². The zero-order valence-corrected chi connectivity index (χ0v) is 20.2. The highest BCUT2D eigenvalue weighted by Crippen LogP contribution is 2.72. The second-order valence-corrected chi connectivity index (χ2v) is 11.9. The Kier molecular flexibility index (Phi) is 6.13. The van der Waals surface area contributed by atoms with E-state index in [9.17, 15) is 19.5 Å². The van der Waals surface area contributed by atoms with Crippen LogP contribution >= 0.6 is 0 Å². The summed E-state index contributed by atoms with van der Waals surface area (Å²) in [5, 5.41) is 10.3. The standard InChI is InChI=1S/C26H40O6/c1-16(2)22(28)31-14-19-13-25-11-8-21-24(4,20(25)7-6-18(19)12-25)9-5-10-26(21,23(29)30)15-32-17(3)27/h16,18-21H,5-15H2,1-4H3,(H,29,30). The predicted molar refractivity (Wildman–Crippen MR) is 119 cm³/mol. The molecule has 0 heterocycles. The van der Waals surface area contributed by atoms with Crippen molar-refractivity contribution in [1.82, 2.24) is 0 Å². The van der Waals surface area contributed by atoms with E-state index in [1.165, 1.54) is 13.3 Å². The van der Waals surface area contributed by atoms with Crippen molar-refractivity contribution in [2.75, 3.05) is 13.2 Å². The summed E-state index contributed by atoms with van der Waals surface area (Å²) in [6.45, 7) is 7.97. The van der Waals surface area contributed by atoms with Gasteiger partial charge in [-0.05, 0) is 85.9 Å². The Morgan fingerprint density at radius 3 is 2.41 bits per heavy atom. The normalized spacial score (nSPS) is 42.7. The van der Waals surface area contributed by atoms with E-state index in [1.807, 2.05) is 13.8 Å². The van der Waals surface area contributed by atoms with Crippen molar-refractivity contribution in [3.63, 3.8) is 0 Å². The minimum absolute atomic E-state index is 0.00591. The second-order valence-electron chi connectivity index (χ2n) is 11.9. The van der Waals surface area contributed by atoms with Crippen molar-refractivity contribution < 1.29 is 29.0 Å². The Morgan fingerprint density at radius 1 is 1.00 bits per heavy atom. The fourth-order valence-electron chi connectivity index (χ4n) is 8.67. The van der Waals surface area contributed by atoms with Crippen LogP contribution in [0.3, 0.4) is 0 Å². The molecule has 4 fully saturated rings. The number of hydrogen-bond donors (Lipinski definition) is 1. The van der Waals surface area contributed by atoms with Gasteiger partial charge in [0.15, 0.2) is 0 Å². The predicted octanol–water partition coefficient (Wildman–Crippen LogP) is 4.84. The molecule has 6 nitrogen and oxygen atoms in total. The number of hydrogen-bond acceptors (Lipinski definition) is 5. The number of ether oxygens (including phenoxy) is 2. The first-order valence-corrected chi connectivity index (χ1v) is 12.6. The van der Waals surface area contributed by atoms with Crippen LogP contribution in [0.2, 0.25) is 0 Å². The van der Waals surface area contributed by atoms with Gasteiger partial charge in [-0.15, -0.1) is 0 Å². The van der Waals surface area contributed by atoms with Crippen LogP contribution < -0.4 is 0 Å². The van der Waals surface area contributed by atoms with E-state index in [2.05, 4.69) is 6.92 Å². The van der Waals surface area contributed by atoms with Crippen LogP contribution in [0.15, 0.2) is 0 Å². The first-order valence-electron chi connectivity index (χ1n) is 12.6. The van der Waals surface area contributed by atoms with Crippen LogP contribution in [-0.4, -0.2) is 36.2 Å². The maximum Gasteiger partial charge on any atom is 0.313 e. The number of esters is 2. The largest absolute Gasteiger partial charge is 0.481 e. The lowest BCUT2D eigenvalue weighted by Crippen LogP contribution is -2.60. The maximum atomic E-state index is 12.6. The van der Waals surface area contributed by atoms with Crippen molar-refractivity contribution in [1.29, 1.82) is 0 Å². The van der Waals surface area contributed by atoms with Crippen LogP contribution in [0.4, 0.5) is 0 Å². The highest BCUT2D eigenvalue weighted by atomic mass is 16.5. The molecule has 4 rings (SSSR count).